The summed E-state index contributed by atoms with van der Waals surface area (Å²) in [5, 5.41) is 4.57. The standard InChI is InChI=1S/C11H14ClNO/c1-9(2)7-13-14-8-10-3-5-11(12)6-4-10/h3-7,9H,8H2,1-2H3/b13-7+. The molecule has 3 heteroatoms. The average Bonchev–Trinajstić information content (AvgIpc) is 2.15. The Hall–Kier alpha value is -1.02. The predicted octanol–water partition coefficient (Wildman–Crippen LogP) is 3.50. The summed E-state index contributed by atoms with van der Waals surface area (Å²) in [4.78, 5) is 5.10. The number of oxime groups is 1. The van der Waals surface area contributed by atoms with Crippen LogP contribution in [0.3, 0.4) is 0 Å². The molecule has 0 saturated carbocycles. The van der Waals surface area contributed by atoms with Crippen molar-refractivity contribution in [2.45, 2.75) is 20.5 Å². The highest BCUT2D eigenvalue weighted by atomic mass is 35.5. The van der Waals surface area contributed by atoms with Gasteiger partial charge in [0.05, 0.1) is 0 Å². The van der Waals surface area contributed by atoms with Gasteiger partial charge in [-0.1, -0.05) is 42.7 Å². The molecule has 0 N–H and O–H groups in total. The van der Waals surface area contributed by atoms with Gasteiger partial charge in [-0.15, -0.1) is 0 Å². The number of benzene rings is 1. The maximum atomic E-state index is 5.74. The minimum absolute atomic E-state index is 0.417. The van der Waals surface area contributed by atoms with E-state index in [0.717, 1.165) is 10.6 Å². The monoisotopic (exact) mass is 211 g/mol. The Labute approximate surface area is 89.5 Å². The molecule has 1 rings (SSSR count). The van der Waals surface area contributed by atoms with Crippen molar-refractivity contribution in [3.63, 3.8) is 0 Å². The van der Waals surface area contributed by atoms with Crippen LogP contribution in [0.5, 0.6) is 0 Å². The van der Waals surface area contributed by atoms with Crippen molar-refractivity contribution in [1.29, 1.82) is 0 Å². The Morgan fingerprint density at radius 3 is 2.57 bits per heavy atom. The van der Waals surface area contributed by atoms with E-state index in [2.05, 4.69) is 19.0 Å². The summed E-state index contributed by atoms with van der Waals surface area (Å²) >= 11 is 5.74. The second-order valence-electron chi connectivity index (χ2n) is 3.40. The molecule has 0 unspecified atom stereocenters. The zero-order valence-electron chi connectivity index (χ0n) is 8.40. The number of rotatable bonds is 4. The minimum Gasteiger partial charge on any atom is -0.391 e. The molecule has 0 radical (unpaired) electrons. The second kappa shape index (κ2) is 5.66. The largest absolute Gasteiger partial charge is 0.391 e. The molecule has 0 aliphatic heterocycles. The Morgan fingerprint density at radius 2 is 2.00 bits per heavy atom. The molecular formula is C11H14ClNO. The van der Waals surface area contributed by atoms with Crippen LogP contribution in [0.4, 0.5) is 0 Å². The first-order valence-corrected chi connectivity index (χ1v) is 4.96. The lowest BCUT2D eigenvalue weighted by Gasteiger charge is -2.00. The van der Waals surface area contributed by atoms with Crippen LogP contribution in [0.2, 0.25) is 5.02 Å². The molecule has 14 heavy (non-hydrogen) atoms. The van der Waals surface area contributed by atoms with Crippen molar-refractivity contribution in [2.75, 3.05) is 0 Å². The second-order valence-corrected chi connectivity index (χ2v) is 3.83. The van der Waals surface area contributed by atoms with Crippen LogP contribution in [-0.2, 0) is 11.4 Å². The summed E-state index contributed by atoms with van der Waals surface area (Å²) in [5.74, 6) is 0.417. The molecule has 0 aliphatic rings. The summed E-state index contributed by atoms with van der Waals surface area (Å²) in [6.07, 6.45) is 1.77. The van der Waals surface area contributed by atoms with Gasteiger partial charge in [0.15, 0.2) is 0 Å². The fourth-order valence-corrected chi connectivity index (χ4v) is 0.983. The quantitative estimate of drug-likeness (QED) is 0.552. The van der Waals surface area contributed by atoms with Crippen molar-refractivity contribution >= 4 is 17.8 Å². The van der Waals surface area contributed by atoms with Crippen LogP contribution < -0.4 is 0 Å². The predicted molar refractivity (Wildman–Crippen MR) is 59.6 cm³/mol. The van der Waals surface area contributed by atoms with E-state index in [1.54, 1.807) is 6.21 Å². The molecule has 1 aromatic carbocycles. The van der Waals surface area contributed by atoms with E-state index in [0.29, 0.717) is 12.5 Å². The lowest BCUT2D eigenvalue weighted by molar-refractivity contribution is 0.131. The molecule has 0 heterocycles. The van der Waals surface area contributed by atoms with Crippen LogP contribution >= 0.6 is 11.6 Å². The van der Waals surface area contributed by atoms with Gasteiger partial charge in [0.25, 0.3) is 0 Å². The average molecular weight is 212 g/mol. The fourth-order valence-electron chi connectivity index (χ4n) is 0.857. The van der Waals surface area contributed by atoms with Crippen molar-refractivity contribution in [3.8, 4) is 0 Å². The fraction of sp³-hybridized carbons (Fsp3) is 0.364. The van der Waals surface area contributed by atoms with Crippen LogP contribution in [0.1, 0.15) is 19.4 Å². The number of hydrogen-bond acceptors (Lipinski definition) is 2. The third-order valence-electron chi connectivity index (χ3n) is 1.58. The highest BCUT2D eigenvalue weighted by Crippen LogP contribution is 2.10. The third-order valence-corrected chi connectivity index (χ3v) is 1.83. The normalized spacial score (nSPS) is 11.1. The van der Waals surface area contributed by atoms with E-state index >= 15 is 0 Å². The Bertz CT molecular complexity index is 293. The number of hydrogen-bond donors (Lipinski definition) is 0. The van der Waals surface area contributed by atoms with Gasteiger partial charge in [0.2, 0.25) is 0 Å². The molecule has 0 saturated heterocycles. The molecule has 0 amide bonds. The van der Waals surface area contributed by atoms with Gasteiger partial charge < -0.3 is 4.84 Å². The molecular weight excluding hydrogens is 198 g/mol. The molecule has 0 fully saturated rings. The van der Waals surface area contributed by atoms with E-state index < -0.39 is 0 Å². The Morgan fingerprint density at radius 1 is 1.36 bits per heavy atom. The summed E-state index contributed by atoms with van der Waals surface area (Å²) in [7, 11) is 0. The van der Waals surface area contributed by atoms with Crippen molar-refractivity contribution in [1.82, 2.24) is 0 Å². The van der Waals surface area contributed by atoms with E-state index in [-0.39, 0.29) is 0 Å². The highest BCUT2D eigenvalue weighted by Gasteiger charge is 1.92. The van der Waals surface area contributed by atoms with Crippen LogP contribution in [0.25, 0.3) is 0 Å². The Balaban J connectivity index is 2.35. The van der Waals surface area contributed by atoms with Crippen molar-refractivity contribution in [3.05, 3.63) is 34.9 Å². The summed E-state index contributed by atoms with van der Waals surface area (Å²) in [5.41, 5.74) is 1.07. The molecule has 0 atom stereocenters. The van der Waals surface area contributed by atoms with Crippen molar-refractivity contribution < 1.29 is 4.84 Å². The number of nitrogens with zero attached hydrogens (tertiary/aromatic N) is 1. The maximum Gasteiger partial charge on any atom is 0.142 e. The van der Waals surface area contributed by atoms with E-state index in [1.165, 1.54) is 0 Å². The molecule has 2 nitrogen and oxygen atoms in total. The summed E-state index contributed by atoms with van der Waals surface area (Å²) < 4.78 is 0. The Kier molecular flexibility index (Phi) is 4.47. The molecule has 0 aromatic heterocycles. The van der Waals surface area contributed by atoms with Gasteiger partial charge >= 0.3 is 0 Å². The minimum atomic E-state index is 0.417. The first-order chi connectivity index (χ1) is 6.68. The number of halogens is 1. The third kappa shape index (κ3) is 4.28. The lowest BCUT2D eigenvalue weighted by Crippen LogP contribution is -1.90. The summed E-state index contributed by atoms with van der Waals surface area (Å²) in [6, 6.07) is 7.53. The molecule has 0 aliphatic carbocycles. The van der Waals surface area contributed by atoms with Gasteiger partial charge in [-0.25, -0.2) is 0 Å². The molecule has 0 spiro atoms. The molecule has 0 bridgehead atoms. The molecule has 1 aromatic rings. The van der Waals surface area contributed by atoms with Crippen molar-refractivity contribution in [2.24, 2.45) is 11.1 Å². The van der Waals surface area contributed by atoms with Crippen LogP contribution in [0.15, 0.2) is 29.4 Å². The summed E-state index contributed by atoms with van der Waals surface area (Å²) in [6.45, 7) is 4.59. The maximum absolute atomic E-state index is 5.74. The van der Waals surface area contributed by atoms with Gasteiger partial charge in [-0.2, -0.15) is 0 Å². The first kappa shape index (κ1) is 11.1. The topological polar surface area (TPSA) is 21.6 Å². The van der Waals surface area contributed by atoms with Gasteiger partial charge in [-0.05, 0) is 23.6 Å². The SMILES string of the molecule is CC(C)/C=N/OCc1ccc(Cl)cc1. The van der Waals surface area contributed by atoms with E-state index in [9.17, 15) is 0 Å². The van der Waals surface area contributed by atoms with Gasteiger partial charge in [-0.3, -0.25) is 0 Å². The van der Waals surface area contributed by atoms with Gasteiger partial charge in [0, 0.05) is 11.2 Å². The van der Waals surface area contributed by atoms with Crippen LogP contribution in [-0.4, -0.2) is 6.21 Å². The smallest absolute Gasteiger partial charge is 0.142 e. The highest BCUT2D eigenvalue weighted by molar-refractivity contribution is 6.30. The zero-order chi connectivity index (χ0) is 10.4. The first-order valence-electron chi connectivity index (χ1n) is 4.58. The molecule has 76 valence electrons. The van der Waals surface area contributed by atoms with E-state index in [4.69, 9.17) is 16.4 Å². The lowest BCUT2D eigenvalue weighted by atomic mass is 10.2. The van der Waals surface area contributed by atoms with Gasteiger partial charge in [0.1, 0.15) is 6.61 Å². The van der Waals surface area contributed by atoms with E-state index in [1.807, 2.05) is 24.3 Å². The zero-order valence-corrected chi connectivity index (χ0v) is 9.16. The van der Waals surface area contributed by atoms with Crippen LogP contribution in [0, 0.1) is 5.92 Å².